The molecule has 0 saturated heterocycles. The van der Waals surface area contributed by atoms with E-state index in [0.717, 1.165) is 35.4 Å². The average molecular weight is 284 g/mol. The first-order chi connectivity index (χ1) is 7.83. The Balaban J connectivity index is 1.44. The van der Waals surface area contributed by atoms with Gasteiger partial charge in [-0.25, -0.2) is 0 Å². The monoisotopic (exact) mass is 283 g/mol. The number of hydrogen-bond acceptors (Lipinski definition) is 2. The summed E-state index contributed by atoms with van der Waals surface area (Å²) in [6.07, 6.45) is 9.66. The van der Waals surface area contributed by atoms with Gasteiger partial charge in [-0.3, -0.25) is 4.68 Å². The maximum atomic E-state index is 4.26. The van der Waals surface area contributed by atoms with E-state index in [2.05, 4.69) is 26.3 Å². The van der Waals surface area contributed by atoms with Gasteiger partial charge in [0.2, 0.25) is 0 Å². The van der Waals surface area contributed by atoms with E-state index in [4.69, 9.17) is 0 Å². The van der Waals surface area contributed by atoms with Gasteiger partial charge >= 0.3 is 0 Å². The standard InChI is InChI=1S/C12H18BrN3/c13-11-7-15-16(8-11)6-5-14-12(9-1-2-9)10-3-4-10/h7-10,12,14H,1-6H2. The van der Waals surface area contributed by atoms with Crippen LogP contribution in [0.25, 0.3) is 0 Å². The van der Waals surface area contributed by atoms with E-state index in [1.54, 1.807) is 0 Å². The number of nitrogens with one attached hydrogen (secondary N) is 1. The van der Waals surface area contributed by atoms with Crippen LogP contribution in [0.5, 0.6) is 0 Å². The lowest BCUT2D eigenvalue weighted by molar-refractivity contribution is 0.400. The lowest BCUT2D eigenvalue weighted by Crippen LogP contribution is -2.35. The van der Waals surface area contributed by atoms with Crippen molar-refractivity contribution >= 4 is 15.9 Å². The van der Waals surface area contributed by atoms with Gasteiger partial charge in [-0.05, 0) is 53.4 Å². The lowest BCUT2D eigenvalue weighted by atomic mass is 10.1. The Labute approximate surface area is 105 Å². The van der Waals surface area contributed by atoms with Gasteiger partial charge in [0, 0.05) is 18.8 Å². The Kier molecular flexibility index (Phi) is 3.03. The predicted octanol–water partition coefficient (Wildman–Crippen LogP) is 2.42. The van der Waals surface area contributed by atoms with E-state index in [1.807, 2.05) is 17.1 Å². The van der Waals surface area contributed by atoms with E-state index < -0.39 is 0 Å². The molecule has 0 bridgehead atoms. The zero-order valence-corrected chi connectivity index (χ0v) is 11.0. The zero-order chi connectivity index (χ0) is 11.0. The summed E-state index contributed by atoms with van der Waals surface area (Å²) < 4.78 is 3.06. The van der Waals surface area contributed by atoms with Crippen LogP contribution in [0.3, 0.4) is 0 Å². The second-order valence-corrected chi connectivity index (χ2v) is 5.99. The molecule has 2 aliphatic carbocycles. The molecule has 0 atom stereocenters. The molecule has 1 N–H and O–H groups in total. The molecule has 2 fully saturated rings. The normalized spacial score (nSPS) is 20.6. The first-order valence-electron chi connectivity index (χ1n) is 6.24. The van der Waals surface area contributed by atoms with Crippen molar-refractivity contribution in [3.63, 3.8) is 0 Å². The molecule has 2 aliphatic rings. The van der Waals surface area contributed by atoms with E-state index >= 15 is 0 Å². The lowest BCUT2D eigenvalue weighted by Gasteiger charge is -2.17. The maximum Gasteiger partial charge on any atom is 0.0632 e. The molecule has 0 amide bonds. The number of nitrogens with zero attached hydrogens (tertiary/aromatic N) is 2. The van der Waals surface area contributed by atoms with Crippen LogP contribution in [-0.4, -0.2) is 22.4 Å². The Hall–Kier alpha value is -0.350. The fraction of sp³-hybridized carbons (Fsp3) is 0.750. The Morgan fingerprint density at radius 2 is 2.06 bits per heavy atom. The van der Waals surface area contributed by atoms with Gasteiger partial charge in [0.1, 0.15) is 0 Å². The van der Waals surface area contributed by atoms with Gasteiger partial charge in [0.05, 0.1) is 17.2 Å². The third-order valence-electron chi connectivity index (χ3n) is 3.58. The highest BCUT2D eigenvalue weighted by Crippen LogP contribution is 2.44. The molecule has 0 aliphatic heterocycles. The molecule has 16 heavy (non-hydrogen) atoms. The topological polar surface area (TPSA) is 29.9 Å². The predicted molar refractivity (Wildman–Crippen MR) is 67.2 cm³/mol. The van der Waals surface area contributed by atoms with E-state index in [-0.39, 0.29) is 0 Å². The van der Waals surface area contributed by atoms with Crippen molar-refractivity contribution in [1.29, 1.82) is 0 Å². The minimum absolute atomic E-state index is 0.805. The molecule has 0 spiro atoms. The smallest absolute Gasteiger partial charge is 0.0632 e. The maximum absolute atomic E-state index is 4.26. The zero-order valence-electron chi connectivity index (χ0n) is 9.40. The SMILES string of the molecule is Brc1cnn(CCNC(C2CC2)C2CC2)c1. The fourth-order valence-corrected chi connectivity index (χ4v) is 2.76. The summed E-state index contributed by atoms with van der Waals surface area (Å²) >= 11 is 3.42. The van der Waals surface area contributed by atoms with Crippen molar-refractivity contribution in [2.45, 2.75) is 38.3 Å². The van der Waals surface area contributed by atoms with Crippen LogP contribution >= 0.6 is 15.9 Å². The van der Waals surface area contributed by atoms with Crippen molar-refractivity contribution in [1.82, 2.24) is 15.1 Å². The molecule has 0 aromatic carbocycles. The highest BCUT2D eigenvalue weighted by atomic mass is 79.9. The minimum Gasteiger partial charge on any atom is -0.312 e. The number of halogens is 1. The van der Waals surface area contributed by atoms with Crippen molar-refractivity contribution in [2.24, 2.45) is 11.8 Å². The van der Waals surface area contributed by atoms with Crippen molar-refractivity contribution in [3.05, 3.63) is 16.9 Å². The van der Waals surface area contributed by atoms with E-state index in [0.29, 0.717) is 0 Å². The summed E-state index contributed by atoms with van der Waals surface area (Å²) in [6, 6.07) is 0.805. The van der Waals surface area contributed by atoms with Crippen molar-refractivity contribution < 1.29 is 0 Å². The molecule has 1 aromatic rings. The molecule has 3 nitrogen and oxygen atoms in total. The molecule has 1 aromatic heterocycles. The van der Waals surface area contributed by atoms with Gasteiger partial charge in [-0.15, -0.1) is 0 Å². The highest BCUT2D eigenvalue weighted by Gasteiger charge is 2.40. The van der Waals surface area contributed by atoms with Gasteiger partial charge in [0.15, 0.2) is 0 Å². The van der Waals surface area contributed by atoms with E-state index in [9.17, 15) is 0 Å². The molecule has 0 unspecified atom stereocenters. The van der Waals surface area contributed by atoms with Crippen LogP contribution in [-0.2, 0) is 6.54 Å². The minimum atomic E-state index is 0.805. The molecular weight excluding hydrogens is 266 g/mol. The largest absolute Gasteiger partial charge is 0.312 e. The van der Waals surface area contributed by atoms with Crippen LogP contribution in [0.4, 0.5) is 0 Å². The molecule has 0 radical (unpaired) electrons. The van der Waals surface area contributed by atoms with Crippen LogP contribution in [0.2, 0.25) is 0 Å². The summed E-state index contributed by atoms with van der Waals surface area (Å²) in [5, 5.41) is 7.99. The Morgan fingerprint density at radius 1 is 1.38 bits per heavy atom. The highest BCUT2D eigenvalue weighted by molar-refractivity contribution is 9.10. The molecule has 88 valence electrons. The third kappa shape index (κ3) is 2.66. The summed E-state index contributed by atoms with van der Waals surface area (Å²) in [6.45, 7) is 2.02. The van der Waals surface area contributed by atoms with Gasteiger partial charge in [-0.2, -0.15) is 5.10 Å². The van der Waals surface area contributed by atoms with Gasteiger partial charge in [-0.1, -0.05) is 0 Å². The van der Waals surface area contributed by atoms with Crippen molar-refractivity contribution in [3.8, 4) is 0 Å². The summed E-state index contributed by atoms with van der Waals surface area (Å²) in [5.74, 6) is 1.97. The van der Waals surface area contributed by atoms with Crippen molar-refractivity contribution in [2.75, 3.05) is 6.54 Å². The number of hydrogen-bond donors (Lipinski definition) is 1. The van der Waals surface area contributed by atoms with Crippen LogP contribution in [0.1, 0.15) is 25.7 Å². The van der Waals surface area contributed by atoms with Gasteiger partial charge in [0.25, 0.3) is 0 Å². The summed E-state index contributed by atoms with van der Waals surface area (Å²) in [5.41, 5.74) is 0. The first-order valence-corrected chi connectivity index (χ1v) is 7.03. The number of aromatic nitrogens is 2. The third-order valence-corrected chi connectivity index (χ3v) is 3.99. The molecule has 1 heterocycles. The molecule has 4 heteroatoms. The quantitative estimate of drug-likeness (QED) is 0.869. The summed E-state index contributed by atoms with van der Waals surface area (Å²) in [7, 11) is 0. The Bertz CT molecular complexity index is 343. The molecule has 2 saturated carbocycles. The van der Waals surface area contributed by atoms with E-state index in [1.165, 1.54) is 25.7 Å². The number of rotatable bonds is 6. The molecular formula is C12H18BrN3. The average Bonchev–Trinajstić information content (AvgIpc) is 3.15. The fourth-order valence-electron chi connectivity index (χ4n) is 2.44. The molecule has 3 rings (SSSR count). The summed E-state index contributed by atoms with van der Waals surface area (Å²) in [4.78, 5) is 0. The first kappa shape index (κ1) is 10.8. The second kappa shape index (κ2) is 4.49. The van der Waals surface area contributed by atoms with Crippen LogP contribution in [0, 0.1) is 11.8 Å². The Morgan fingerprint density at radius 3 is 2.56 bits per heavy atom. The van der Waals surface area contributed by atoms with Crippen LogP contribution in [0.15, 0.2) is 16.9 Å². The van der Waals surface area contributed by atoms with Gasteiger partial charge < -0.3 is 5.32 Å². The van der Waals surface area contributed by atoms with Crippen LogP contribution < -0.4 is 5.32 Å². The second-order valence-electron chi connectivity index (χ2n) is 5.08.